The Morgan fingerprint density at radius 2 is 2.06 bits per heavy atom. The van der Waals surface area contributed by atoms with Crippen LogP contribution >= 0.6 is 11.3 Å². The summed E-state index contributed by atoms with van der Waals surface area (Å²) in [6.45, 7) is 6.71. The number of benzene rings is 1. The van der Waals surface area contributed by atoms with Gasteiger partial charge < -0.3 is 4.74 Å². The molecule has 0 saturated carbocycles. The zero-order valence-corrected chi connectivity index (χ0v) is 19.2. The third-order valence-corrected chi connectivity index (χ3v) is 7.15. The molecule has 0 radical (unpaired) electrons. The number of carbonyl (C=O) groups is 1. The number of thiazole rings is 1. The minimum Gasteiger partial charge on any atom is -0.456 e. The van der Waals surface area contributed by atoms with Crippen molar-refractivity contribution in [1.29, 1.82) is 0 Å². The van der Waals surface area contributed by atoms with Gasteiger partial charge in [0, 0.05) is 28.7 Å². The Labute approximate surface area is 189 Å². The predicted octanol–water partition coefficient (Wildman–Crippen LogP) is 4.81. The second-order valence-corrected chi connectivity index (χ2v) is 10.3. The molecule has 4 aromatic rings. The molecule has 0 N–H and O–H groups in total. The van der Waals surface area contributed by atoms with Gasteiger partial charge in [-0.25, -0.2) is 9.78 Å². The number of esters is 1. The minimum absolute atomic E-state index is 0.0450. The molecule has 7 heteroatoms. The van der Waals surface area contributed by atoms with Crippen LogP contribution in [0.1, 0.15) is 54.5 Å². The van der Waals surface area contributed by atoms with Gasteiger partial charge in [-0.05, 0) is 42.2 Å². The Balaban J connectivity index is 1.52. The molecule has 1 aromatic carbocycles. The fraction of sp³-hybridized carbons (Fsp3) is 0.360. The van der Waals surface area contributed by atoms with Crippen LogP contribution in [-0.4, -0.2) is 20.3 Å². The molecular formula is C25H25N3O3S. The lowest BCUT2D eigenvalue weighted by molar-refractivity contribution is 0.0467. The molecule has 164 valence electrons. The van der Waals surface area contributed by atoms with E-state index in [0.29, 0.717) is 22.1 Å². The van der Waals surface area contributed by atoms with Crippen LogP contribution in [0.25, 0.3) is 15.9 Å². The molecule has 32 heavy (non-hydrogen) atoms. The molecule has 6 nitrogen and oxygen atoms in total. The number of pyridine rings is 1. The van der Waals surface area contributed by atoms with Crippen LogP contribution in [0.15, 0.2) is 46.7 Å². The number of hydrogen-bond acceptors (Lipinski definition) is 6. The van der Waals surface area contributed by atoms with E-state index < -0.39 is 0 Å². The minimum atomic E-state index is -0.386. The summed E-state index contributed by atoms with van der Waals surface area (Å²) in [5.41, 5.74) is 3.83. The Kier molecular flexibility index (Phi) is 5.08. The van der Waals surface area contributed by atoms with Gasteiger partial charge in [0.2, 0.25) is 0 Å². The molecule has 0 aliphatic heterocycles. The predicted molar refractivity (Wildman–Crippen MR) is 125 cm³/mol. The van der Waals surface area contributed by atoms with Gasteiger partial charge in [-0.2, -0.15) is 0 Å². The second-order valence-electron chi connectivity index (χ2n) is 9.45. The highest BCUT2D eigenvalue weighted by Gasteiger charge is 2.33. The molecule has 0 unspecified atom stereocenters. The fourth-order valence-corrected chi connectivity index (χ4v) is 5.27. The van der Waals surface area contributed by atoms with E-state index in [4.69, 9.17) is 9.72 Å². The topological polar surface area (TPSA) is 73.6 Å². The lowest BCUT2D eigenvalue weighted by atomic mass is 9.70. The third kappa shape index (κ3) is 3.71. The van der Waals surface area contributed by atoms with Gasteiger partial charge >= 0.3 is 5.97 Å². The summed E-state index contributed by atoms with van der Waals surface area (Å²) >= 11 is 1.37. The number of ether oxygens (including phenoxy) is 1. The number of rotatable bonds is 3. The molecule has 3 heterocycles. The Bertz CT molecular complexity index is 1400. The summed E-state index contributed by atoms with van der Waals surface area (Å²) in [4.78, 5) is 35.6. The molecule has 0 spiro atoms. The maximum Gasteiger partial charge on any atom is 0.339 e. The molecule has 1 aliphatic rings. The van der Waals surface area contributed by atoms with E-state index in [1.807, 2.05) is 24.3 Å². The number of aromatic nitrogens is 3. The van der Waals surface area contributed by atoms with Crippen LogP contribution in [0.4, 0.5) is 0 Å². The van der Waals surface area contributed by atoms with E-state index in [-0.39, 0.29) is 23.6 Å². The maximum absolute atomic E-state index is 13.4. The first-order chi connectivity index (χ1) is 15.3. The largest absolute Gasteiger partial charge is 0.456 e. The van der Waals surface area contributed by atoms with E-state index in [1.54, 1.807) is 11.6 Å². The molecule has 0 bridgehead atoms. The normalized spacial score (nSPS) is 16.3. The standard InChI is InChI=1S/C25H25N3O3S/c1-25(2,3)15-8-9-20-18(12-15)22(17-6-4-5-7-19(17)27-20)23(30)31-14-16-13-21(29)28-10-11-32-24(28)26-16/h4-7,10-11,13,15H,8-9,12,14H2,1-3H3/t15-/m0/s1. The quantitative estimate of drug-likeness (QED) is 0.421. The summed E-state index contributed by atoms with van der Waals surface area (Å²) in [7, 11) is 0. The summed E-state index contributed by atoms with van der Waals surface area (Å²) in [5.74, 6) is 0.0787. The summed E-state index contributed by atoms with van der Waals surface area (Å²) < 4.78 is 7.20. The summed E-state index contributed by atoms with van der Waals surface area (Å²) in [5, 5.41) is 2.62. The molecule has 0 amide bonds. The lowest BCUT2D eigenvalue weighted by Gasteiger charge is -2.35. The first-order valence-electron chi connectivity index (χ1n) is 10.8. The van der Waals surface area contributed by atoms with E-state index in [1.165, 1.54) is 21.8 Å². The van der Waals surface area contributed by atoms with E-state index in [9.17, 15) is 9.59 Å². The number of carbonyl (C=O) groups excluding carboxylic acids is 1. The number of aryl methyl sites for hydroxylation is 1. The maximum atomic E-state index is 13.4. The average molecular weight is 448 g/mol. The molecule has 1 aliphatic carbocycles. The Morgan fingerprint density at radius 1 is 1.25 bits per heavy atom. The van der Waals surface area contributed by atoms with Crippen LogP contribution < -0.4 is 5.56 Å². The SMILES string of the molecule is CC(C)(C)[C@H]1CCc2nc3ccccc3c(C(=O)OCc3cc(=O)n4ccsc4n3)c2C1. The zero-order valence-electron chi connectivity index (χ0n) is 18.4. The third-order valence-electron chi connectivity index (χ3n) is 6.40. The van der Waals surface area contributed by atoms with Gasteiger partial charge in [-0.15, -0.1) is 11.3 Å². The van der Waals surface area contributed by atoms with Crippen molar-refractivity contribution in [3.05, 3.63) is 74.8 Å². The highest BCUT2D eigenvalue weighted by Crippen LogP contribution is 2.39. The van der Waals surface area contributed by atoms with Gasteiger partial charge in [0.25, 0.3) is 5.56 Å². The van der Waals surface area contributed by atoms with Gasteiger partial charge in [0.05, 0.1) is 16.8 Å². The van der Waals surface area contributed by atoms with E-state index >= 15 is 0 Å². The average Bonchev–Trinajstić information content (AvgIpc) is 3.24. The zero-order chi connectivity index (χ0) is 22.5. The van der Waals surface area contributed by atoms with Gasteiger partial charge in [-0.3, -0.25) is 14.2 Å². The van der Waals surface area contributed by atoms with Gasteiger partial charge in [0.15, 0.2) is 4.96 Å². The highest BCUT2D eigenvalue weighted by molar-refractivity contribution is 7.15. The van der Waals surface area contributed by atoms with Crippen molar-refractivity contribution < 1.29 is 9.53 Å². The summed E-state index contributed by atoms with van der Waals surface area (Å²) in [6.07, 6.45) is 4.41. The van der Waals surface area contributed by atoms with E-state index in [0.717, 1.165) is 41.4 Å². The van der Waals surface area contributed by atoms with E-state index in [2.05, 4.69) is 25.8 Å². The van der Waals surface area contributed by atoms with Gasteiger partial charge in [-0.1, -0.05) is 39.0 Å². The monoisotopic (exact) mass is 447 g/mol. The second kappa shape index (κ2) is 7.81. The van der Waals surface area contributed by atoms with Crippen molar-refractivity contribution >= 4 is 33.2 Å². The molecular weight excluding hydrogens is 422 g/mol. The number of fused-ring (bicyclic) bond motifs is 3. The van der Waals surface area contributed by atoms with Crippen LogP contribution in [0.2, 0.25) is 0 Å². The van der Waals surface area contributed by atoms with Gasteiger partial charge in [0.1, 0.15) is 6.61 Å². The lowest BCUT2D eigenvalue weighted by Crippen LogP contribution is -2.29. The Morgan fingerprint density at radius 3 is 2.88 bits per heavy atom. The van der Waals surface area contributed by atoms with Crippen molar-refractivity contribution in [2.24, 2.45) is 11.3 Å². The Hall–Kier alpha value is -3.06. The van der Waals surface area contributed by atoms with Crippen molar-refractivity contribution in [2.75, 3.05) is 0 Å². The summed E-state index contributed by atoms with van der Waals surface area (Å²) in [6, 6.07) is 9.15. The molecule has 3 aromatic heterocycles. The molecule has 0 fully saturated rings. The smallest absolute Gasteiger partial charge is 0.339 e. The first kappa shape index (κ1) is 20.8. The number of hydrogen-bond donors (Lipinski definition) is 0. The van der Waals surface area contributed by atoms with Crippen molar-refractivity contribution in [1.82, 2.24) is 14.4 Å². The fourth-order valence-electron chi connectivity index (χ4n) is 4.53. The van der Waals surface area contributed by atoms with Crippen LogP contribution in [-0.2, 0) is 24.2 Å². The van der Waals surface area contributed by atoms with Crippen LogP contribution in [0.5, 0.6) is 0 Å². The highest BCUT2D eigenvalue weighted by atomic mass is 32.1. The van der Waals surface area contributed by atoms with Crippen molar-refractivity contribution in [3.8, 4) is 0 Å². The molecule has 5 rings (SSSR count). The number of para-hydroxylation sites is 1. The molecule has 0 saturated heterocycles. The van der Waals surface area contributed by atoms with Crippen LogP contribution in [0.3, 0.4) is 0 Å². The van der Waals surface area contributed by atoms with Crippen molar-refractivity contribution in [2.45, 2.75) is 46.6 Å². The molecule has 1 atom stereocenters. The van der Waals surface area contributed by atoms with Crippen LogP contribution in [0, 0.1) is 11.3 Å². The first-order valence-corrected chi connectivity index (χ1v) is 11.7. The number of nitrogens with zero attached hydrogens (tertiary/aromatic N) is 3. The van der Waals surface area contributed by atoms with Crippen molar-refractivity contribution in [3.63, 3.8) is 0 Å².